The minimum Gasteiger partial charge on any atom is -0.125 e. The summed E-state index contributed by atoms with van der Waals surface area (Å²) in [7, 11) is 0. The number of hydrogen-bond donors (Lipinski definition) is 0. The summed E-state index contributed by atoms with van der Waals surface area (Å²) < 4.78 is 0. The second-order valence-corrected chi connectivity index (χ2v) is 1.69. The van der Waals surface area contributed by atoms with E-state index in [0.717, 1.165) is 6.42 Å². The Balaban J connectivity index is 2.80. The molecule has 0 aromatic heterocycles. The fourth-order valence-corrected chi connectivity index (χ4v) is 0.644. The lowest BCUT2D eigenvalue weighted by Gasteiger charge is -1.94. The van der Waals surface area contributed by atoms with Crippen molar-refractivity contribution in [1.82, 2.24) is 0 Å². The molecule has 0 saturated heterocycles. The lowest BCUT2D eigenvalue weighted by Crippen LogP contribution is -1.75. The van der Waals surface area contributed by atoms with Gasteiger partial charge in [-0.1, -0.05) is 30.9 Å². The van der Waals surface area contributed by atoms with Crippen LogP contribution in [0, 0.1) is 0 Å². The molecule has 0 spiro atoms. The van der Waals surface area contributed by atoms with Crippen molar-refractivity contribution in [3.8, 4) is 0 Å². The van der Waals surface area contributed by atoms with Crippen LogP contribution in [-0.4, -0.2) is 0 Å². The summed E-state index contributed by atoms with van der Waals surface area (Å²) in [5.41, 5.74) is 4.01. The number of allylic oxidation sites excluding steroid dienone is 5. The number of rotatable bonds is 0. The summed E-state index contributed by atoms with van der Waals surface area (Å²) in [6.45, 7) is 3.54. The third-order valence-electron chi connectivity index (χ3n) is 1.11. The van der Waals surface area contributed by atoms with Crippen molar-refractivity contribution in [3.05, 3.63) is 42.2 Å². The summed E-state index contributed by atoms with van der Waals surface area (Å²) in [4.78, 5) is 0. The smallest absolute Gasteiger partial charge is 0.00208 e. The van der Waals surface area contributed by atoms with Crippen LogP contribution >= 0.6 is 0 Å². The summed E-state index contributed by atoms with van der Waals surface area (Å²) >= 11 is 0. The molecular weight excluding hydrogens is 96.1 g/mol. The van der Waals surface area contributed by atoms with Gasteiger partial charge < -0.3 is 0 Å². The van der Waals surface area contributed by atoms with Crippen LogP contribution in [0.3, 0.4) is 0 Å². The lowest BCUT2D eigenvalue weighted by molar-refractivity contribution is 1.27. The maximum absolute atomic E-state index is 3.54. The predicted octanol–water partition coefficient (Wildman–Crippen LogP) is 2.21. The third-order valence-corrected chi connectivity index (χ3v) is 1.11. The monoisotopic (exact) mass is 104 g/mol. The van der Waals surface area contributed by atoms with Crippen molar-refractivity contribution < 1.29 is 0 Å². The maximum Gasteiger partial charge on any atom is -0.00208 e. The average molecular weight is 104 g/mol. The van der Waals surface area contributed by atoms with E-state index in [4.69, 9.17) is 0 Å². The topological polar surface area (TPSA) is 0 Å². The highest BCUT2D eigenvalue weighted by molar-refractivity contribution is 5.28. The fourth-order valence-electron chi connectivity index (χ4n) is 0.644. The van der Waals surface area contributed by atoms with Gasteiger partial charge in [-0.3, -0.25) is 0 Å². The van der Waals surface area contributed by atoms with Crippen molar-refractivity contribution >= 4 is 0 Å². The Hall–Kier alpha value is -1.00. The minimum atomic E-state index is 0.986. The largest absolute Gasteiger partial charge is 0.125 e. The molecule has 0 aromatic carbocycles. The van der Waals surface area contributed by atoms with Crippen molar-refractivity contribution in [2.45, 2.75) is 6.42 Å². The molecule has 0 amide bonds. The first-order valence-electron chi connectivity index (χ1n) is 2.65. The van der Waals surface area contributed by atoms with Gasteiger partial charge >= 0.3 is 0 Å². The molecule has 40 valence electrons. The van der Waals surface area contributed by atoms with Gasteiger partial charge in [-0.2, -0.15) is 0 Å². The first-order chi connectivity index (χ1) is 3.93. The molecule has 1 aliphatic carbocycles. The lowest BCUT2D eigenvalue weighted by atomic mass is 10.1. The van der Waals surface area contributed by atoms with Crippen LogP contribution in [0.5, 0.6) is 0 Å². The Labute approximate surface area is 49.5 Å². The standard InChI is InChI=1S/C8H8/c1-2-8-6-4-3-5-7-8/h3-6H,1,7H2. The van der Waals surface area contributed by atoms with E-state index in [2.05, 4.69) is 18.4 Å². The van der Waals surface area contributed by atoms with Gasteiger partial charge in [-0.25, -0.2) is 0 Å². The zero-order valence-electron chi connectivity index (χ0n) is 4.72. The van der Waals surface area contributed by atoms with Gasteiger partial charge in [0.1, 0.15) is 0 Å². The third kappa shape index (κ3) is 0.988. The highest BCUT2D eigenvalue weighted by atomic mass is 13.9. The minimum absolute atomic E-state index is 0.986. The molecule has 0 N–H and O–H groups in total. The Morgan fingerprint density at radius 2 is 2.38 bits per heavy atom. The second kappa shape index (κ2) is 2.34. The second-order valence-electron chi connectivity index (χ2n) is 1.69. The van der Waals surface area contributed by atoms with E-state index in [1.807, 2.05) is 18.2 Å². The quantitative estimate of drug-likeness (QED) is 0.413. The first kappa shape index (κ1) is 5.14. The van der Waals surface area contributed by atoms with Crippen LogP contribution in [0.15, 0.2) is 42.2 Å². The molecule has 0 aromatic rings. The van der Waals surface area contributed by atoms with Crippen molar-refractivity contribution in [2.24, 2.45) is 0 Å². The maximum atomic E-state index is 3.54. The van der Waals surface area contributed by atoms with Crippen molar-refractivity contribution in [2.75, 3.05) is 0 Å². The molecule has 0 radical (unpaired) electrons. The van der Waals surface area contributed by atoms with Gasteiger partial charge in [-0.05, 0) is 12.0 Å². The van der Waals surface area contributed by atoms with E-state index in [1.165, 1.54) is 5.57 Å². The van der Waals surface area contributed by atoms with E-state index in [0.29, 0.717) is 0 Å². The van der Waals surface area contributed by atoms with Gasteiger partial charge in [0.15, 0.2) is 0 Å². The molecule has 0 atom stereocenters. The first-order valence-corrected chi connectivity index (χ1v) is 2.65. The molecule has 8 heavy (non-hydrogen) atoms. The predicted molar refractivity (Wildman–Crippen MR) is 35.5 cm³/mol. The van der Waals surface area contributed by atoms with E-state index < -0.39 is 0 Å². The molecule has 0 nitrogen and oxygen atoms in total. The molecule has 1 rings (SSSR count). The van der Waals surface area contributed by atoms with Crippen LogP contribution in [-0.2, 0) is 0 Å². The molecule has 0 aliphatic heterocycles. The normalized spacial score (nSPS) is 16.2. The van der Waals surface area contributed by atoms with E-state index in [9.17, 15) is 0 Å². The Morgan fingerprint density at radius 3 is 2.75 bits per heavy atom. The van der Waals surface area contributed by atoms with Crippen LogP contribution in [0.4, 0.5) is 0 Å². The highest BCUT2D eigenvalue weighted by Crippen LogP contribution is 2.06. The van der Waals surface area contributed by atoms with Crippen LogP contribution in [0.1, 0.15) is 6.42 Å². The molecule has 0 bridgehead atoms. The molecule has 0 heterocycles. The molecule has 0 unspecified atom stereocenters. The van der Waals surface area contributed by atoms with Crippen LogP contribution in [0.25, 0.3) is 0 Å². The fraction of sp³-hybridized carbons (Fsp3) is 0.125. The SMILES string of the molecule is C=C=C1C=CC=CC1. The zero-order chi connectivity index (χ0) is 5.82. The molecule has 1 aliphatic rings. The Kier molecular flexibility index (Phi) is 1.51. The van der Waals surface area contributed by atoms with Gasteiger partial charge in [0, 0.05) is 0 Å². The van der Waals surface area contributed by atoms with Gasteiger partial charge in [-0.15, -0.1) is 5.73 Å². The average Bonchev–Trinajstić information content (AvgIpc) is 1.90. The van der Waals surface area contributed by atoms with E-state index in [-0.39, 0.29) is 0 Å². The van der Waals surface area contributed by atoms with E-state index in [1.54, 1.807) is 0 Å². The Bertz CT molecular complexity index is 176. The molecular formula is C8H8. The van der Waals surface area contributed by atoms with Crippen LogP contribution < -0.4 is 0 Å². The number of hydrogen-bond acceptors (Lipinski definition) is 0. The van der Waals surface area contributed by atoms with Gasteiger partial charge in [0.05, 0.1) is 0 Å². The van der Waals surface area contributed by atoms with Gasteiger partial charge in [0.25, 0.3) is 0 Å². The van der Waals surface area contributed by atoms with Crippen molar-refractivity contribution in [1.29, 1.82) is 0 Å². The highest BCUT2D eigenvalue weighted by Gasteiger charge is 1.87. The molecule has 0 heteroatoms. The summed E-state index contributed by atoms with van der Waals surface area (Å²) in [6, 6.07) is 0. The summed E-state index contributed by atoms with van der Waals surface area (Å²) in [5, 5.41) is 0. The van der Waals surface area contributed by atoms with Gasteiger partial charge in [0.2, 0.25) is 0 Å². The molecule has 0 fully saturated rings. The summed E-state index contributed by atoms with van der Waals surface area (Å²) in [6.07, 6.45) is 9.12. The Morgan fingerprint density at radius 1 is 1.50 bits per heavy atom. The van der Waals surface area contributed by atoms with Crippen molar-refractivity contribution in [3.63, 3.8) is 0 Å². The zero-order valence-corrected chi connectivity index (χ0v) is 4.72. The van der Waals surface area contributed by atoms with E-state index >= 15 is 0 Å². The van der Waals surface area contributed by atoms with Crippen LogP contribution in [0.2, 0.25) is 0 Å². The molecule has 0 saturated carbocycles. The summed E-state index contributed by atoms with van der Waals surface area (Å²) in [5.74, 6) is 0.